The molecule has 0 aliphatic rings. The molecule has 36 heavy (non-hydrogen) atoms. The summed E-state index contributed by atoms with van der Waals surface area (Å²) in [6.45, 7) is 4.31. The van der Waals surface area contributed by atoms with Crippen LogP contribution in [0.5, 0.6) is 0 Å². The summed E-state index contributed by atoms with van der Waals surface area (Å²) in [5.41, 5.74) is 7.70. The summed E-state index contributed by atoms with van der Waals surface area (Å²) in [6.07, 6.45) is 0. The van der Waals surface area contributed by atoms with Crippen molar-refractivity contribution in [3.05, 3.63) is 132 Å². The maximum absolute atomic E-state index is 2.40. The highest BCUT2D eigenvalue weighted by Gasteiger charge is 2.18. The van der Waals surface area contributed by atoms with E-state index in [0.717, 1.165) is 0 Å². The summed E-state index contributed by atoms with van der Waals surface area (Å²) >= 11 is 0. The van der Waals surface area contributed by atoms with Gasteiger partial charge >= 0.3 is 0 Å². The third-order valence-corrected chi connectivity index (χ3v) is 7.53. The van der Waals surface area contributed by atoms with E-state index < -0.39 is 0 Å². The van der Waals surface area contributed by atoms with Crippen molar-refractivity contribution in [3.63, 3.8) is 0 Å². The zero-order chi connectivity index (χ0) is 24.2. The number of fused-ring (bicyclic) bond motifs is 4. The minimum absolute atomic E-state index is 1.26. The average Bonchev–Trinajstić information content (AvgIpc) is 2.91. The summed E-state index contributed by atoms with van der Waals surface area (Å²) < 4.78 is 0. The van der Waals surface area contributed by atoms with Crippen LogP contribution in [0, 0.1) is 13.8 Å². The highest BCUT2D eigenvalue weighted by molar-refractivity contribution is 6.25. The van der Waals surface area contributed by atoms with Gasteiger partial charge in [0.05, 0.1) is 0 Å². The summed E-state index contributed by atoms with van der Waals surface area (Å²) in [6, 6.07) is 45.0. The van der Waals surface area contributed by atoms with Gasteiger partial charge < -0.3 is 0 Å². The van der Waals surface area contributed by atoms with Gasteiger partial charge in [-0.15, -0.1) is 0 Å². The van der Waals surface area contributed by atoms with E-state index in [1.165, 1.54) is 76.5 Å². The van der Waals surface area contributed by atoms with E-state index in [1.54, 1.807) is 0 Å². The number of hydrogen-bond donors (Lipinski definition) is 0. The Morgan fingerprint density at radius 2 is 0.611 bits per heavy atom. The molecule has 0 heteroatoms. The van der Waals surface area contributed by atoms with Gasteiger partial charge in [-0.2, -0.15) is 0 Å². The highest BCUT2D eigenvalue weighted by Crippen LogP contribution is 2.46. The zero-order valence-electron chi connectivity index (χ0n) is 20.5. The van der Waals surface area contributed by atoms with E-state index in [4.69, 9.17) is 0 Å². The maximum Gasteiger partial charge on any atom is -0.00259 e. The first-order valence-electron chi connectivity index (χ1n) is 12.6. The number of hydrogen-bond acceptors (Lipinski definition) is 0. The van der Waals surface area contributed by atoms with E-state index in [2.05, 4.69) is 135 Å². The molecule has 170 valence electrons. The van der Waals surface area contributed by atoms with Crippen molar-refractivity contribution in [2.75, 3.05) is 0 Å². The minimum atomic E-state index is 1.26. The fourth-order valence-electron chi connectivity index (χ4n) is 5.66. The SMILES string of the molecule is Cc1ccc(-c2c3cc4ccccc4cc3c(-c3ccc(C)cc3)c3cc4ccccc4cc23)cc1. The Balaban J connectivity index is 1.76. The maximum atomic E-state index is 2.40. The molecule has 0 aliphatic heterocycles. The molecule has 0 heterocycles. The second kappa shape index (κ2) is 8.07. The van der Waals surface area contributed by atoms with Gasteiger partial charge in [0.15, 0.2) is 0 Å². The normalized spacial score (nSPS) is 11.6. The van der Waals surface area contributed by atoms with Gasteiger partial charge in [0.25, 0.3) is 0 Å². The van der Waals surface area contributed by atoms with Crippen LogP contribution in [0.4, 0.5) is 0 Å². The Morgan fingerprint density at radius 3 is 0.889 bits per heavy atom. The van der Waals surface area contributed by atoms with Crippen LogP contribution < -0.4 is 0 Å². The van der Waals surface area contributed by atoms with Crippen LogP contribution in [0.25, 0.3) is 65.3 Å². The quantitative estimate of drug-likeness (QED) is 0.226. The molecule has 0 fully saturated rings. The fraction of sp³-hybridized carbons (Fsp3) is 0.0556. The van der Waals surface area contributed by atoms with Crippen molar-refractivity contribution in [3.8, 4) is 22.3 Å². The third kappa shape index (κ3) is 3.30. The molecular formula is C36H26. The molecule has 0 saturated heterocycles. The second-order valence-electron chi connectivity index (χ2n) is 9.97. The van der Waals surface area contributed by atoms with Gasteiger partial charge in [-0.05, 0) is 103 Å². The standard InChI is InChI=1S/C36H26/c1-23-11-15-25(16-12-23)35-31-19-27-7-3-5-9-29(27)21-33(31)36(26-17-13-24(2)14-18-26)34-22-30-10-6-4-8-28(30)20-32(34)35/h3-22H,1-2H3. The molecule has 0 spiro atoms. The van der Waals surface area contributed by atoms with Crippen LogP contribution in [0.15, 0.2) is 121 Å². The molecule has 0 aromatic heterocycles. The second-order valence-corrected chi connectivity index (χ2v) is 9.97. The lowest BCUT2D eigenvalue weighted by molar-refractivity contribution is 1.47. The van der Waals surface area contributed by atoms with Crippen LogP contribution in [0.1, 0.15) is 11.1 Å². The van der Waals surface area contributed by atoms with Crippen molar-refractivity contribution in [1.29, 1.82) is 0 Å². The monoisotopic (exact) mass is 458 g/mol. The molecule has 0 unspecified atom stereocenters. The first-order valence-corrected chi connectivity index (χ1v) is 12.6. The van der Waals surface area contributed by atoms with Gasteiger partial charge in [0, 0.05) is 0 Å². The lowest BCUT2D eigenvalue weighted by Crippen LogP contribution is -1.92. The zero-order valence-corrected chi connectivity index (χ0v) is 20.5. The summed E-state index contributed by atoms with van der Waals surface area (Å²) in [4.78, 5) is 0. The third-order valence-electron chi connectivity index (χ3n) is 7.53. The molecule has 0 aliphatic carbocycles. The van der Waals surface area contributed by atoms with Crippen LogP contribution in [0.2, 0.25) is 0 Å². The van der Waals surface area contributed by atoms with Crippen molar-refractivity contribution >= 4 is 43.1 Å². The molecule has 0 nitrogen and oxygen atoms in total. The molecule has 7 aromatic carbocycles. The average molecular weight is 459 g/mol. The molecule has 7 rings (SSSR count). The van der Waals surface area contributed by atoms with Crippen LogP contribution in [0.3, 0.4) is 0 Å². The Labute approximate surface area is 211 Å². The van der Waals surface area contributed by atoms with E-state index in [0.29, 0.717) is 0 Å². The molecular weight excluding hydrogens is 432 g/mol. The smallest absolute Gasteiger partial charge is 0.00259 e. The molecule has 0 atom stereocenters. The predicted molar refractivity (Wildman–Crippen MR) is 157 cm³/mol. The Kier molecular flexibility index (Phi) is 4.69. The molecule has 0 bridgehead atoms. The Bertz CT molecular complexity index is 1680. The van der Waals surface area contributed by atoms with Gasteiger partial charge in [-0.3, -0.25) is 0 Å². The highest BCUT2D eigenvalue weighted by atomic mass is 14.2. The molecule has 0 saturated carbocycles. The first kappa shape index (κ1) is 20.9. The fourth-order valence-corrected chi connectivity index (χ4v) is 5.66. The van der Waals surface area contributed by atoms with E-state index in [9.17, 15) is 0 Å². The molecule has 0 amide bonds. The van der Waals surface area contributed by atoms with Crippen LogP contribution in [-0.4, -0.2) is 0 Å². The van der Waals surface area contributed by atoms with E-state index >= 15 is 0 Å². The van der Waals surface area contributed by atoms with Crippen molar-refractivity contribution in [2.24, 2.45) is 0 Å². The topological polar surface area (TPSA) is 0 Å². The Morgan fingerprint density at radius 1 is 0.333 bits per heavy atom. The minimum Gasteiger partial charge on any atom is -0.0616 e. The number of benzene rings is 7. The molecule has 0 N–H and O–H groups in total. The number of rotatable bonds is 2. The molecule has 0 radical (unpaired) electrons. The van der Waals surface area contributed by atoms with Crippen molar-refractivity contribution < 1.29 is 0 Å². The lowest BCUT2D eigenvalue weighted by atomic mass is 9.83. The van der Waals surface area contributed by atoms with Crippen molar-refractivity contribution in [2.45, 2.75) is 13.8 Å². The van der Waals surface area contributed by atoms with Gasteiger partial charge in [-0.25, -0.2) is 0 Å². The molecule has 7 aromatic rings. The van der Waals surface area contributed by atoms with Crippen molar-refractivity contribution in [1.82, 2.24) is 0 Å². The number of aryl methyl sites for hydroxylation is 2. The van der Waals surface area contributed by atoms with Gasteiger partial charge in [-0.1, -0.05) is 108 Å². The predicted octanol–water partition coefficient (Wildman–Crippen LogP) is 10.3. The summed E-state index contributed by atoms with van der Waals surface area (Å²) in [5.74, 6) is 0. The lowest BCUT2D eigenvalue weighted by Gasteiger charge is -2.19. The van der Waals surface area contributed by atoms with E-state index in [-0.39, 0.29) is 0 Å². The van der Waals surface area contributed by atoms with Crippen LogP contribution in [-0.2, 0) is 0 Å². The van der Waals surface area contributed by atoms with Crippen LogP contribution >= 0.6 is 0 Å². The van der Waals surface area contributed by atoms with E-state index in [1.807, 2.05) is 0 Å². The first-order chi connectivity index (χ1) is 17.7. The largest absolute Gasteiger partial charge is 0.0616 e. The summed E-state index contributed by atoms with van der Waals surface area (Å²) in [5, 5.41) is 10.3. The van der Waals surface area contributed by atoms with Gasteiger partial charge in [0.2, 0.25) is 0 Å². The summed E-state index contributed by atoms with van der Waals surface area (Å²) in [7, 11) is 0. The Hall–Kier alpha value is -4.42. The van der Waals surface area contributed by atoms with Gasteiger partial charge in [0.1, 0.15) is 0 Å².